The third kappa shape index (κ3) is 8.32. The van der Waals surface area contributed by atoms with Crippen molar-refractivity contribution < 1.29 is 4.79 Å². The summed E-state index contributed by atoms with van der Waals surface area (Å²) in [5.74, 6) is 1.49. The summed E-state index contributed by atoms with van der Waals surface area (Å²) in [6.45, 7) is 13.7. The van der Waals surface area contributed by atoms with E-state index in [1.54, 1.807) is 6.20 Å². The standard InChI is InChI=1S/C26H28N6O.2C2H6/c1-18(2)19-10-12-20(13-11-19)26(33)30-22-9-6-14-32(17-22)24-16-28-23(15-27)25(31-24)29-21-7-4-3-5-8-21;2*1-2/h3-5,7-8,10-13,16,18,22H,6,9,14,17H2,1-2H3,(H,29,31)(H,30,33);2*1-2H3/t22-;;/m1../s1. The second-order valence-corrected chi connectivity index (χ2v) is 8.56. The summed E-state index contributed by atoms with van der Waals surface area (Å²) in [7, 11) is 0. The largest absolute Gasteiger partial charge is 0.353 e. The Morgan fingerprint density at radius 3 is 2.35 bits per heavy atom. The third-order valence-corrected chi connectivity index (χ3v) is 5.82. The highest BCUT2D eigenvalue weighted by Gasteiger charge is 2.24. The van der Waals surface area contributed by atoms with E-state index in [0.717, 1.165) is 25.1 Å². The Labute approximate surface area is 222 Å². The van der Waals surface area contributed by atoms with Crippen molar-refractivity contribution in [1.29, 1.82) is 5.26 Å². The van der Waals surface area contributed by atoms with Gasteiger partial charge in [-0.3, -0.25) is 4.79 Å². The number of carbonyl (C=O) groups is 1. The first-order valence-electron chi connectivity index (χ1n) is 13.3. The lowest BCUT2D eigenvalue weighted by Crippen LogP contribution is -2.48. The predicted octanol–water partition coefficient (Wildman–Crippen LogP) is 6.67. The Morgan fingerprint density at radius 2 is 1.73 bits per heavy atom. The Morgan fingerprint density at radius 1 is 1.05 bits per heavy atom. The number of anilines is 3. The lowest BCUT2D eigenvalue weighted by molar-refractivity contribution is 0.0933. The van der Waals surface area contributed by atoms with Crippen LogP contribution >= 0.6 is 0 Å². The van der Waals surface area contributed by atoms with Crippen LogP contribution in [0, 0.1) is 11.3 Å². The van der Waals surface area contributed by atoms with Gasteiger partial charge in [-0.2, -0.15) is 5.26 Å². The highest BCUT2D eigenvalue weighted by molar-refractivity contribution is 5.94. The van der Waals surface area contributed by atoms with E-state index in [-0.39, 0.29) is 17.6 Å². The van der Waals surface area contributed by atoms with Crippen LogP contribution < -0.4 is 15.5 Å². The van der Waals surface area contributed by atoms with Gasteiger partial charge in [-0.1, -0.05) is 71.9 Å². The van der Waals surface area contributed by atoms with Gasteiger partial charge >= 0.3 is 0 Å². The molecule has 7 heteroatoms. The molecule has 0 radical (unpaired) electrons. The summed E-state index contributed by atoms with van der Waals surface area (Å²) >= 11 is 0. The number of benzene rings is 2. The van der Waals surface area contributed by atoms with Gasteiger partial charge in [0, 0.05) is 30.4 Å². The summed E-state index contributed by atoms with van der Waals surface area (Å²) in [6.07, 6.45) is 3.47. The van der Waals surface area contributed by atoms with Crippen LogP contribution in [-0.2, 0) is 0 Å². The highest BCUT2D eigenvalue weighted by atomic mass is 16.1. The number of nitriles is 1. The minimum atomic E-state index is -0.0606. The third-order valence-electron chi connectivity index (χ3n) is 5.82. The topological polar surface area (TPSA) is 93.9 Å². The molecular formula is C30H40N6O. The zero-order chi connectivity index (χ0) is 27.2. The number of rotatable bonds is 6. The van der Waals surface area contributed by atoms with Crippen molar-refractivity contribution in [2.45, 2.75) is 66.3 Å². The molecule has 1 atom stereocenters. The molecule has 2 heterocycles. The predicted molar refractivity (Wildman–Crippen MR) is 152 cm³/mol. The summed E-state index contributed by atoms with van der Waals surface area (Å²) in [6, 6.07) is 19.5. The molecular weight excluding hydrogens is 460 g/mol. The van der Waals surface area contributed by atoms with Crippen LogP contribution in [0.2, 0.25) is 0 Å². The molecule has 1 amide bonds. The molecule has 196 valence electrons. The molecule has 1 fully saturated rings. The monoisotopic (exact) mass is 500 g/mol. The molecule has 37 heavy (non-hydrogen) atoms. The molecule has 1 aromatic heterocycles. The van der Waals surface area contributed by atoms with Gasteiger partial charge in [-0.05, 0) is 48.6 Å². The number of amides is 1. The quantitative estimate of drug-likeness (QED) is 0.393. The van der Waals surface area contributed by atoms with E-state index < -0.39 is 0 Å². The average Bonchev–Trinajstić information content (AvgIpc) is 2.96. The van der Waals surface area contributed by atoms with Crippen LogP contribution in [0.3, 0.4) is 0 Å². The summed E-state index contributed by atoms with van der Waals surface area (Å²) in [5.41, 5.74) is 2.97. The zero-order valence-corrected chi connectivity index (χ0v) is 23.0. The molecule has 3 aromatic rings. The number of hydrogen-bond donors (Lipinski definition) is 2. The summed E-state index contributed by atoms with van der Waals surface area (Å²) < 4.78 is 0. The number of nitrogens with zero attached hydrogens (tertiary/aromatic N) is 4. The molecule has 2 N–H and O–H groups in total. The van der Waals surface area contributed by atoms with E-state index in [0.29, 0.717) is 29.7 Å². The van der Waals surface area contributed by atoms with Gasteiger partial charge in [0.05, 0.1) is 6.20 Å². The average molecular weight is 501 g/mol. The Hall–Kier alpha value is -3.92. The maximum Gasteiger partial charge on any atom is 0.251 e. The second kappa shape index (κ2) is 15.2. The van der Waals surface area contributed by atoms with Crippen molar-refractivity contribution >= 4 is 23.2 Å². The van der Waals surface area contributed by atoms with Gasteiger partial charge in [0.2, 0.25) is 0 Å². The van der Waals surface area contributed by atoms with E-state index in [2.05, 4.69) is 45.4 Å². The van der Waals surface area contributed by atoms with Crippen LogP contribution in [0.25, 0.3) is 0 Å². The van der Waals surface area contributed by atoms with Crippen LogP contribution in [0.1, 0.15) is 81.9 Å². The van der Waals surface area contributed by atoms with E-state index in [4.69, 9.17) is 0 Å². The molecule has 0 spiro atoms. The molecule has 7 nitrogen and oxygen atoms in total. The zero-order valence-electron chi connectivity index (χ0n) is 23.0. The van der Waals surface area contributed by atoms with Crippen LogP contribution in [0.4, 0.5) is 17.3 Å². The van der Waals surface area contributed by atoms with Crippen molar-refractivity contribution in [3.05, 3.63) is 77.6 Å². The fourth-order valence-electron chi connectivity index (χ4n) is 3.95. The van der Waals surface area contributed by atoms with Gasteiger partial charge in [0.1, 0.15) is 11.9 Å². The molecule has 1 saturated heterocycles. The molecule has 0 bridgehead atoms. The van der Waals surface area contributed by atoms with Crippen LogP contribution in [0.15, 0.2) is 60.8 Å². The lowest BCUT2D eigenvalue weighted by atomic mass is 10.0. The molecule has 0 unspecified atom stereocenters. The number of nitrogens with one attached hydrogen (secondary N) is 2. The number of piperidine rings is 1. The van der Waals surface area contributed by atoms with Crippen molar-refractivity contribution in [1.82, 2.24) is 15.3 Å². The minimum absolute atomic E-state index is 0.0130. The molecule has 4 rings (SSSR count). The fourth-order valence-corrected chi connectivity index (χ4v) is 3.95. The number of carbonyl (C=O) groups excluding carboxylic acids is 1. The molecule has 0 aliphatic carbocycles. The fraction of sp³-hybridized carbons (Fsp3) is 0.400. The minimum Gasteiger partial charge on any atom is -0.353 e. The van der Waals surface area contributed by atoms with Crippen LogP contribution in [-0.4, -0.2) is 35.0 Å². The smallest absolute Gasteiger partial charge is 0.251 e. The maximum atomic E-state index is 12.8. The number of aromatic nitrogens is 2. The second-order valence-electron chi connectivity index (χ2n) is 8.56. The molecule has 2 aromatic carbocycles. The van der Waals surface area contributed by atoms with Gasteiger partial charge in [0.25, 0.3) is 5.91 Å². The maximum absolute atomic E-state index is 12.8. The first-order chi connectivity index (χ1) is 18.0. The van der Waals surface area contributed by atoms with Gasteiger partial charge in [-0.25, -0.2) is 9.97 Å². The van der Waals surface area contributed by atoms with Gasteiger partial charge in [-0.15, -0.1) is 0 Å². The summed E-state index contributed by atoms with van der Waals surface area (Å²) in [4.78, 5) is 23.9. The molecule has 0 saturated carbocycles. The number of hydrogen-bond acceptors (Lipinski definition) is 6. The highest BCUT2D eigenvalue weighted by Crippen LogP contribution is 2.23. The van der Waals surface area contributed by atoms with Crippen molar-refractivity contribution in [2.75, 3.05) is 23.3 Å². The first kappa shape index (κ1) is 29.3. The van der Waals surface area contributed by atoms with E-state index in [1.165, 1.54) is 5.56 Å². The van der Waals surface area contributed by atoms with Crippen molar-refractivity contribution in [3.8, 4) is 6.07 Å². The SMILES string of the molecule is CC.CC.CC(C)c1ccc(C(=O)N[C@@H]2CCCN(c3cnc(C#N)c(Nc4ccccc4)n3)C2)cc1. The van der Waals surface area contributed by atoms with E-state index in [1.807, 2.05) is 82.3 Å². The first-order valence-corrected chi connectivity index (χ1v) is 13.3. The Bertz CT molecular complexity index is 1140. The Kier molecular flexibility index (Phi) is 12.1. The normalized spacial score (nSPS) is 14.3. The van der Waals surface area contributed by atoms with Crippen molar-refractivity contribution in [2.24, 2.45) is 0 Å². The van der Waals surface area contributed by atoms with E-state index >= 15 is 0 Å². The lowest BCUT2D eigenvalue weighted by Gasteiger charge is -2.34. The van der Waals surface area contributed by atoms with E-state index in [9.17, 15) is 10.1 Å². The van der Waals surface area contributed by atoms with Gasteiger partial charge in [0.15, 0.2) is 11.5 Å². The summed E-state index contributed by atoms with van der Waals surface area (Å²) in [5, 5.41) is 15.8. The van der Waals surface area contributed by atoms with Crippen LogP contribution in [0.5, 0.6) is 0 Å². The van der Waals surface area contributed by atoms with Gasteiger partial charge < -0.3 is 15.5 Å². The van der Waals surface area contributed by atoms with Crippen molar-refractivity contribution in [3.63, 3.8) is 0 Å². The Balaban J connectivity index is 0.00000115. The molecule has 1 aliphatic rings. The molecule has 1 aliphatic heterocycles. The number of para-hydroxylation sites is 1.